The van der Waals surface area contributed by atoms with Crippen LogP contribution in [0.5, 0.6) is 5.75 Å². The molecule has 0 aliphatic carbocycles. The first-order chi connectivity index (χ1) is 13.8. The fourth-order valence-corrected chi connectivity index (χ4v) is 3.26. The Morgan fingerprint density at radius 2 is 1.79 bits per heavy atom. The summed E-state index contributed by atoms with van der Waals surface area (Å²) in [5.74, 6) is 0.165. The number of aromatic nitrogens is 1. The summed E-state index contributed by atoms with van der Waals surface area (Å²) in [4.78, 5) is 16.5. The van der Waals surface area contributed by atoms with E-state index in [1.807, 2.05) is 36.6 Å². The second-order valence-electron chi connectivity index (χ2n) is 6.35. The summed E-state index contributed by atoms with van der Waals surface area (Å²) in [7, 11) is 0. The Hall–Kier alpha value is -2.87. The van der Waals surface area contributed by atoms with Gasteiger partial charge in [-0.1, -0.05) is 24.3 Å². The molecule has 0 saturated carbocycles. The molecule has 0 aliphatic heterocycles. The molecule has 1 heterocycles. The third kappa shape index (κ3) is 6.05. The van der Waals surface area contributed by atoms with E-state index in [-0.39, 0.29) is 25.5 Å². The van der Waals surface area contributed by atoms with E-state index in [0.29, 0.717) is 5.75 Å². The van der Waals surface area contributed by atoms with E-state index < -0.39 is 11.7 Å². The number of benzene rings is 2. The van der Waals surface area contributed by atoms with Crippen LogP contribution in [-0.2, 0) is 17.4 Å². The minimum atomic E-state index is -4.37. The van der Waals surface area contributed by atoms with E-state index in [4.69, 9.17) is 4.74 Å². The predicted octanol–water partition coefficient (Wildman–Crippen LogP) is 4.88. The average Bonchev–Trinajstić information content (AvgIpc) is 3.12. The van der Waals surface area contributed by atoms with Gasteiger partial charge in [0.2, 0.25) is 5.91 Å². The van der Waals surface area contributed by atoms with Gasteiger partial charge in [0.05, 0.1) is 29.2 Å². The summed E-state index contributed by atoms with van der Waals surface area (Å²) in [6.45, 7) is 2.38. The first kappa shape index (κ1) is 20.9. The molecule has 0 atom stereocenters. The molecule has 8 heteroatoms. The topological polar surface area (TPSA) is 51.2 Å². The highest BCUT2D eigenvalue weighted by Gasteiger charge is 2.29. The molecule has 0 spiro atoms. The van der Waals surface area contributed by atoms with Crippen molar-refractivity contribution in [3.05, 3.63) is 70.0 Å². The standard InChI is InChI=1S/C21H19F3N2O2S/c1-14-26-19(13-29-14)16-4-2-15(3-5-16)12-20(27)25-10-11-28-18-8-6-17(7-9-18)21(22,23)24/h2-9,13H,10-12H2,1H3,(H,25,27). The number of nitrogens with one attached hydrogen (secondary N) is 1. The normalized spacial score (nSPS) is 11.3. The summed E-state index contributed by atoms with van der Waals surface area (Å²) >= 11 is 1.59. The quantitative estimate of drug-likeness (QED) is 0.555. The van der Waals surface area contributed by atoms with E-state index in [2.05, 4.69) is 10.3 Å². The van der Waals surface area contributed by atoms with Crippen molar-refractivity contribution in [3.8, 4) is 17.0 Å². The Morgan fingerprint density at radius 3 is 2.38 bits per heavy atom. The van der Waals surface area contributed by atoms with E-state index in [9.17, 15) is 18.0 Å². The molecule has 1 N–H and O–H groups in total. The minimum absolute atomic E-state index is 0.154. The number of halogens is 3. The van der Waals surface area contributed by atoms with Crippen molar-refractivity contribution >= 4 is 17.2 Å². The summed E-state index contributed by atoms with van der Waals surface area (Å²) in [6.07, 6.45) is -4.14. The maximum atomic E-state index is 12.5. The zero-order valence-electron chi connectivity index (χ0n) is 15.6. The number of nitrogens with zero attached hydrogens (tertiary/aromatic N) is 1. The highest BCUT2D eigenvalue weighted by Crippen LogP contribution is 2.30. The molecule has 1 aromatic heterocycles. The van der Waals surface area contributed by atoms with E-state index in [0.717, 1.165) is 34.0 Å². The maximum absolute atomic E-state index is 12.5. The first-order valence-electron chi connectivity index (χ1n) is 8.89. The number of hydrogen-bond acceptors (Lipinski definition) is 4. The van der Waals surface area contributed by atoms with Crippen molar-refractivity contribution in [2.24, 2.45) is 0 Å². The summed E-state index contributed by atoms with van der Waals surface area (Å²) in [5, 5.41) is 5.73. The van der Waals surface area contributed by atoms with Gasteiger partial charge in [-0.25, -0.2) is 4.98 Å². The van der Waals surface area contributed by atoms with Crippen LogP contribution in [0, 0.1) is 6.92 Å². The molecule has 3 rings (SSSR count). The van der Waals surface area contributed by atoms with Gasteiger partial charge in [0.15, 0.2) is 0 Å². The van der Waals surface area contributed by atoms with Gasteiger partial charge >= 0.3 is 6.18 Å². The predicted molar refractivity (Wildman–Crippen MR) is 106 cm³/mol. The number of rotatable bonds is 7. The van der Waals surface area contributed by atoms with Crippen LogP contribution in [0.1, 0.15) is 16.1 Å². The van der Waals surface area contributed by atoms with Crippen molar-refractivity contribution in [3.63, 3.8) is 0 Å². The molecule has 3 aromatic rings. The molecule has 1 amide bonds. The van der Waals surface area contributed by atoms with Gasteiger partial charge < -0.3 is 10.1 Å². The number of hydrogen-bond donors (Lipinski definition) is 1. The number of carbonyl (C=O) groups is 1. The van der Waals surface area contributed by atoms with E-state index >= 15 is 0 Å². The lowest BCUT2D eigenvalue weighted by Crippen LogP contribution is -2.29. The molecule has 0 radical (unpaired) electrons. The highest BCUT2D eigenvalue weighted by molar-refractivity contribution is 7.09. The third-order valence-corrected chi connectivity index (χ3v) is 4.88. The average molecular weight is 420 g/mol. The molecule has 0 unspecified atom stereocenters. The SMILES string of the molecule is Cc1nc(-c2ccc(CC(=O)NCCOc3ccc(C(F)(F)F)cc3)cc2)cs1. The number of alkyl halides is 3. The number of aryl methyl sites for hydroxylation is 1. The largest absolute Gasteiger partial charge is 0.492 e. The Labute approximate surface area is 170 Å². The lowest BCUT2D eigenvalue weighted by molar-refractivity contribution is -0.137. The van der Waals surface area contributed by atoms with Crippen molar-refractivity contribution in [2.45, 2.75) is 19.5 Å². The molecule has 2 aromatic carbocycles. The zero-order valence-corrected chi connectivity index (χ0v) is 16.4. The van der Waals surface area contributed by atoms with Gasteiger partial charge in [0.25, 0.3) is 0 Å². The number of amides is 1. The number of ether oxygens (including phenoxy) is 1. The molecule has 0 fully saturated rings. The molecular weight excluding hydrogens is 401 g/mol. The highest BCUT2D eigenvalue weighted by atomic mass is 32.1. The van der Waals surface area contributed by atoms with Gasteiger partial charge in [-0.15, -0.1) is 11.3 Å². The van der Waals surface area contributed by atoms with Crippen LogP contribution < -0.4 is 10.1 Å². The first-order valence-corrected chi connectivity index (χ1v) is 9.77. The summed E-state index contributed by atoms with van der Waals surface area (Å²) < 4.78 is 42.9. The molecule has 29 heavy (non-hydrogen) atoms. The molecule has 0 aliphatic rings. The lowest BCUT2D eigenvalue weighted by Gasteiger charge is -2.10. The van der Waals surface area contributed by atoms with Crippen LogP contribution in [0.3, 0.4) is 0 Å². The van der Waals surface area contributed by atoms with Crippen molar-refractivity contribution in [1.82, 2.24) is 10.3 Å². The number of thiazole rings is 1. The van der Waals surface area contributed by atoms with Crippen LogP contribution in [0.4, 0.5) is 13.2 Å². The monoisotopic (exact) mass is 420 g/mol. The molecule has 0 saturated heterocycles. The summed E-state index contributed by atoms with van der Waals surface area (Å²) in [5.41, 5.74) is 2.07. The molecule has 152 valence electrons. The Bertz CT molecular complexity index is 951. The smallest absolute Gasteiger partial charge is 0.416 e. The second kappa shape index (κ2) is 9.09. The molecule has 0 bridgehead atoms. The zero-order chi connectivity index (χ0) is 20.9. The number of carbonyl (C=O) groups excluding carboxylic acids is 1. The van der Waals surface area contributed by atoms with Gasteiger partial charge in [0, 0.05) is 10.9 Å². The van der Waals surface area contributed by atoms with Crippen molar-refractivity contribution < 1.29 is 22.7 Å². The van der Waals surface area contributed by atoms with Crippen molar-refractivity contribution in [1.29, 1.82) is 0 Å². The van der Waals surface area contributed by atoms with Crippen LogP contribution >= 0.6 is 11.3 Å². The maximum Gasteiger partial charge on any atom is 0.416 e. The van der Waals surface area contributed by atoms with Gasteiger partial charge in [-0.05, 0) is 36.8 Å². The fourth-order valence-electron chi connectivity index (χ4n) is 2.64. The minimum Gasteiger partial charge on any atom is -0.492 e. The van der Waals surface area contributed by atoms with Crippen LogP contribution in [0.15, 0.2) is 53.9 Å². The van der Waals surface area contributed by atoms with E-state index in [1.54, 1.807) is 11.3 Å². The van der Waals surface area contributed by atoms with E-state index in [1.165, 1.54) is 12.1 Å². The Morgan fingerprint density at radius 1 is 1.10 bits per heavy atom. The van der Waals surface area contributed by atoms with Gasteiger partial charge in [-0.2, -0.15) is 13.2 Å². The summed E-state index contributed by atoms with van der Waals surface area (Å²) in [6, 6.07) is 12.1. The van der Waals surface area contributed by atoms with Crippen LogP contribution in [0.25, 0.3) is 11.3 Å². The molecule has 4 nitrogen and oxygen atoms in total. The Kier molecular flexibility index (Phi) is 6.53. The fraction of sp³-hybridized carbons (Fsp3) is 0.238. The second-order valence-corrected chi connectivity index (χ2v) is 7.41. The third-order valence-electron chi connectivity index (χ3n) is 4.11. The van der Waals surface area contributed by atoms with Gasteiger partial charge in [0.1, 0.15) is 12.4 Å². The molecular formula is C21H19F3N2O2S. The Balaban J connectivity index is 1.41. The van der Waals surface area contributed by atoms with Crippen molar-refractivity contribution in [2.75, 3.05) is 13.2 Å². The lowest BCUT2D eigenvalue weighted by atomic mass is 10.1. The van der Waals surface area contributed by atoms with Crippen LogP contribution in [-0.4, -0.2) is 24.0 Å². The van der Waals surface area contributed by atoms with Crippen LogP contribution in [0.2, 0.25) is 0 Å². The van der Waals surface area contributed by atoms with Gasteiger partial charge in [-0.3, -0.25) is 4.79 Å².